The van der Waals surface area contributed by atoms with Crippen LogP contribution in [0.1, 0.15) is 35.7 Å². The van der Waals surface area contributed by atoms with Crippen molar-refractivity contribution in [3.05, 3.63) is 41.6 Å². The molecular formula is C14H15NO3. The smallest absolute Gasteiger partial charge is 0.341 e. The quantitative estimate of drug-likeness (QED) is 0.877. The van der Waals surface area contributed by atoms with Crippen LogP contribution in [0.3, 0.4) is 0 Å². The van der Waals surface area contributed by atoms with E-state index in [1.165, 1.54) is 11.8 Å². The highest BCUT2D eigenvalue weighted by Crippen LogP contribution is 2.24. The zero-order valence-electron chi connectivity index (χ0n) is 10.2. The van der Waals surface area contributed by atoms with Crippen LogP contribution in [0.4, 0.5) is 0 Å². The first-order chi connectivity index (χ1) is 8.72. The number of carboxylic acids is 1. The van der Waals surface area contributed by atoms with Gasteiger partial charge < -0.3 is 9.63 Å². The van der Waals surface area contributed by atoms with Gasteiger partial charge in [-0.1, -0.05) is 42.8 Å². The number of aromatic carboxylic acids is 1. The van der Waals surface area contributed by atoms with Gasteiger partial charge in [-0.05, 0) is 18.4 Å². The average molecular weight is 245 g/mol. The van der Waals surface area contributed by atoms with Gasteiger partial charge in [0.15, 0.2) is 5.76 Å². The van der Waals surface area contributed by atoms with Crippen molar-refractivity contribution in [1.82, 2.24) is 5.16 Å². The molecule has 0 saturated heterocycles. The van der Waals surface area contributed by atoms with Crippen molar-refractivity contribution in [2.75, 3.05) is 0 Å². The van der Waals surface area contributed by atoms with E-state index in [4.69, 9.17) is 9.63 Å². The van der Waals surface area contributed by atoms with Crippen LogP contribution in [0.15, 0.2) is 35.0 Å². The first kappa shape index (κ1) is 12.4. The fraction of sp³-hybridized carbons (Fsp3) is 0.286. The van der Waals surface area contributed by atoms with Gasteiger partial charge in [-0.3, -0.25) is 0 Å². The molecule has 0 amide bonds. The van der Waals surface area contributed by atoms with Crippen molar-refractivity contribution in [3.8, 4) is 11.3 Å². The number of carbonyl (C=O) groups is 1. The Kier molecular flexibility index (Phi) is 3.77. The molecule has 4 nitrogen and oxygen atoms in total. The number of aromatic nitrogens is 1. The molecular weight excluding hydrogens is 230 g/mol. The van der Waals surface area contributed by atoms with Gasteiger partial charge in [-0.15, -0.1) is 0 Å². The highest BCUT2D eigenvalue weighted by atomic mass is 16.5. The predicted molar refractivity (Wildman–Crippen MR) is 67.5 cm³/mol. The van der Waals surface area contributed by atoms with Gasteiger partial charge in [0, 0.05) is 5.56 Å². The van der Waals surface area contributed by atoms with Crippen LogP contribution < -0.4 is 0 Å². The average Bonchev–Trinajstić information content (AvgIpc) is 2.86. The van der Waals surface area contributed by atoms with Crippen molar-refractivity contribution in [3.63, 3.8) is 0 Å². The van der Waals surface area contributed by atoms with Crippen LogP contribution >= 0.6 is 0 Å². The zero-order chi connectivity index (χ0) is 13.0. The SMILES string of the molecule is CCCCc1ccc(-c2oncc2C(=O)O)cc1. The first-order valence-corrected chi connectivity index (χ1v) is 5.99. The molecule has 4 heteroatoms. The van der Waals surface area contributed by atoms with Crippen molar-refractivity contribution < 1.29 is 14.4 Å². The van der Waals surface area contributed by atoms with E-state index in [9.17, 15) is 4.79 Å². The third-order valence-corrected chi connectivity index (χ3v) is 2.84. The Labute approximate surface area is 105 Å². The number of nitrogens with zero attached hydrogens (tertiary/aromatic N) is 1. The largest absolute Gasteiger partial charge is 0.477 e. The molecule has 1 heterocycles. The Hall–Kier alpha value is -2.10. The maximum Gasteiger partial charge on any atom is 0.341 e. The van der Waals surface area contributed by atoms with E-state index in [1.807, 2.05) is 24.3 Å². The summed E-state index contributed by atoms with van der Waals surface area (Å²) in [6.07, 6.45) is 4.58. The van der Waals surface area contributed by atoms with Crippen molar-refractivity contribution in [2.45, 2.75) is 26.2 Å². The molecule has 0 atom stereocenters. The Balaban J connectivity index is 2.23. The summed E-state index contributed by atoms with van der Waals surface area (Å²) >= 11 is 0. The molecule has 2 rings (SSSR count). The van der Waals surface area contributed by atoms with Gasteiger partial charge in [-0.25, -0.2) is 4.79 Å². The van der Waals surface area contributed by atoms with Gasteiger partial charge in [0.2, 0.25) is 0 Å². The monoisotopic (exact) mass is 245 g/mol. The van der Waals surface area contributed by atoms with Crippen LogP contribution in [-0.2, 0) is 6.42 Å². The summed E-state index contributed by atoms with van der Waals surface area (Å²) < 4.78 is 5.00. The van der Waals surface area contributed by atoms with E-state index in [0.29, 0.717) is 5.76 Å². The second-order valence-electron chi connectivity index (χ2n) is 4.17. The third-order valence-electron chi connectivity index (χ3n) is 2.84. The highest BCUT2D eigenvalue weighted by Gasteiger charge is 2.16. The second-order valence-corrected chi connectivity index (χ2v) is 4.17. The summed E-state index contributed by atoms with van der Waals surface area (Å²) in [5.74, 6) is -0.717. The molecule has 2 aromatic rings. The van der Waals surface area contributed by atoms with Gasteiger partial charge in [-0.2, -0.15) is 0 Å². The number of benzene rings is 1. The van der Waals surface area contributed by atoms with E-state index >= 15 is 0 Å². The molecule has 0 bridgehead atoms. The number of aryl methyl sites for hydroxylation is 1. The molecule has 0 aliphatic heterocycles. The van der Waals surface area contributed by atoms with Gasteiger partial charge in [0.05, 0.1) is 6.20 Å². The van der Waals surface area contributed by atoms with Crippen LogP contribution in [-0.4, -0.2) is 16.2 Å². The van der Waals surface area contributed by atoms with Crippen LogP contribution in [0.25, 0.3) is 11.3 Å². The summed E-state index contributed by atoms with van der Waals surface area (Å²) in [7, 11) is 0. The number of unbranched alkanes of at least 4 members (excludes halogenated alkanes) is 1. The van der Waals surface area contributed by atoms with Crippen LogP contribution in [0.5, 0.6) is 0 Å². The zero-order valence-corrected chi connectivity index (χ0v) is 10.2. The summed E-state index contributed by atoms with van der Waals surface area (Å²) in [5, 5.41) is 12.5. The Morgan fingerprint density at radius 3 is 2.67 bits per heavy atom. The summed E-state index contributed by atoms with van der Waals surface area (Å²) in [4.78, 5) is 11.0. The van der Waals surface area contributed by atoms with Crippen LogP contribution in [0, 0.1) is 0 Å². The Morgan fingerprint density at radius 2 is 2.06 bits per heavy atom. The molecule has 0 unspecified atom stereocenters. The lowest BCUT2D eigenvalue weighted by Gasteiger charge is -2.02. The molecule has 0 aliphatic carbocycles. The minimum Gasteiger partial charge on any atom is -0.477 e. The van der Waals surface area contributed by atoms with Gasteiger partial charge >= 0.3 is 5.97 Å². The lowest BCUT2D eigenvalue weighted by molar-refractivity contribution is 0.0697. The highest BCUT2D eigenvalue weighted by molar-refractivity contribution is 5.93. The summed E-state index contributed by atoms with van der Waals surface area (Å²) in [6.45, 7) is 2.15. The minimum absolute atomic E-state index is 0.0938. The van der Waals surface area contributed by atoms with E-state index in [1.54, 1.807) is 0 Å². The first-order valence-electron chi connectivity index (χ1n) is 5.99. The molecule has 94 valence electrons. The van der Waals surface area contributed by atoms with Crippen molar-refractivity contribution in [2.24, 2.45) is 0 Å². The second kappa shape index (κ2) is 5.49. The van der Waals surface area contributed by atoms with Crippen LogP contribution in [0.2, 0.25) is 0 Å². The molecule has 0 fully saturated rings. The molecule has 1 aromatic carbocycles. The van der Waals surface area contributed by atoms with Crippen molar-refractivity contribution >= 4 is 5.97 Å². The van der Waals surface area contributed by atoms with E-state index in [0.717, 1.165) is 24.8 Å². The normalized spacial score (nSPS) is 10.5. The van der Waals surface area contributed by atoms with E-state index < -0.39 is 5.97 Å². The Bertz CT molecular complexity index is 528. The molecule has 1 N–H and O–H groups in total. The fourth-order valence-corrected chi connectivity index (χ4v) is 1.80. The number of hydrogen-bond acceptors (Lipinski definition) is 3. The van der Waals surface area contributed by atoms with E-state index in [-0.39, 0.29) is 5.56 Å². The Morgan fingerprint density at radius 1 is 1.33 bits per heavy atom. The fourth-order valence-electron chi connectivity index (χ4n) is 1.80. The summed E-state index contributed by atoms with van der Waals surface area (Å²) in [6, 6.07) is 7.74. The molecule has 18 heavy (non-hydrogen) atoms. The van der Waals surface area contributed by atoms with E-state index in [2.05, 4.69) is 12.1 Å². The number of hydrogen-bond donors (Lipinski definition) is 1. The molecule has 0 aliphatic rings. The maximum atomic E-state index is 11.0. The maximum absolute atomic E-state index is 11.0. The van der Waals surface area contributed by atoms with Crippen molar-refractivity contribution in [1.29, 1.82) is 0 Å². The molecule has 0 radical (unpaired) electrons. The standard InChI is InChI=1S/C14H15NO3/c1-2-3-4-10-5-7-11(8-6-10)13-12(14(16)17)9-15-18-13/h5-9H,2-4H2,1H3,(H,16,17). The summed E-state index contributed by atoms with van der Waals surface area (Å²) in [5.41, 5.74) is 2.08. The van der Waals surface area contributed by atoms with Gasteiger partial charge in [0.25, 0.3) is 0 Å². The third kappa shape index (κ3) is 2.59. The molecule has 1 aromatic heterocycles. The number of rotatable bonds is 5. The number of carboxylic acid groups (broad SMARTS) is 1. The predicted octanol–water partition coefficient (Wildman–Crippen LogP) is 3.38. The minimum atomic E-state index is -1.03. The lowest BCUT2D eigenvalue weighted by Crippen LogP contribution is -1.96. The molecule has 0 spiro atoms. The lowest BCUT2D eigenvalue weighted by atomic mass is 10.0. The topological polar surface area (TPSA) is 63.3 Å². The molecule has 0 saturated carbocycles. The van der Waals surface area contributed by atoms with Gasteiger partial charge in [0.1, 0.15) is 5.56 Å².